The first-order chi connectivity index (χ1) is 8.01. The smallest absolute Gasteiger partial charge is 0.339 e. The largest absolute Gasteiger partial charge is 0.496 e. The summed E-state index contributed by atoms with van der Waals surface area (Å²) in [6.45, 7) is 1.07. The highest BCUT2D eigenvalue weighted by molar-refractivity contribution is 5.94. The van der Waals surface area contributed by atoms with E-state index in [-0.39, 0.29) is 24.6 Å². The normalized spacial score (nSPS) is 9.76. The van der Waals surface area contributed by atoms with Gasteiger partial charge in [0.15, 0.2) is 0 Å². The summed E-state index contributed by atoms with van der Waals surface area (Å²) >= 11 is 0. The van der Waals surface area contributed by atoms with Gasteiger partial charge in [0, 0.05) is 6.07 Å². The number of methoxy groups -OCH3 is 1. The zero-order valence-corrected chi connectivity index (χ0v) is 9.52. The van der Waals surface area contributed by atoms with Gasteiger partial charge in [-0.15, -0.1) is 0 Å². The molecule has 0 bridgehead atoms. The van der Waals surface area contributed by atoms with E-state index >= 15 is 0 Å². The Morgan fingerprint density at radius 2 is 2.06 bits per heavy atom. The fourth-order valence-electron chi connectivity index (χ4n) is 1.10. The van der Waals surface area contributed by atoms with Crippen molar-refractivity contribution in [2.75, 3.05) is 7.11 Å². The Morgan fingerprint density at radius 3 is 2.65 bits per heavy atom. The molecule has 0 aliphatic rings. The molecule has 6 nitrogen and oxygen atoms in total. The molecule has 0 saturated heterocycles. The van der Waals surface area contributed by atoms with Gasteiger partial charge in [-0.2, -0.15) is 0 Å². The van der Waals surface area contributed by atoms with E-state index in [9.17, 15) is 14.4 Å². The molecule has 0 fully saturated rings. The van der Waals surface area contributed by atoms with Crippen LogP contribution in [0.1, 0.15) is 19.1 Å². The minimum atomic E-state index is -0.664. The van der Waals surface area contributed by atoms with Gasteiger partial charge in [-0.25, -0.2) is 4.79 Å². The maximum atomic E-state index is 11.1. The van der Waals surface area contributed by atoms with E-state index in [2.05, 4.69) is 0 Å². The standard InChI is InChI=1S/C11H12O6/c1-7(12)3-10(13)16-6-9-4-8(15-2)5-11(14)17-9/h4-5H,3,6H2,1-2H3. The number of hydrogen-bond donors (Lipinski definition) is 0. The van der Waals surface area contributed by atoms with Crippen LogP contribution in [0.25, 0.3) is 0 Å². The lowest BCUT2D eigenvalue weighted by Crippen LogP contribution is -2.10. The number of hydrogen-bond acceptors (Lipinski definition) is 6. The van der Waals surface area contributed by atoms with Crippen LogP contribution in [-0.4, -0.2) is 18.9 Å². The van der Waals surface area contributed by atoms with Gasteiger partial charge in [-0.1, -0.05) is 0 Å². The Hall–Kier alpha value is -2.11. The summed E-state index contributed by atoms with van der Waals surface area (Å²) < 4.78 is 14.4. The summed E-state index contributed by atoms with van der Waals surface area (Å²) in [6.07, 6.45) is -0.297. The minimum Gasteiger partial charge on any atom is -0.496 e. The van der Waals surface area contributed by atoms with Crippen molar-refractivity contribution in [3.63, 3.8) is 0 Å². The molecule has 0 unspecified atom stereocenters. The zero-order chi connectivity index (χ0) is 12.8. The number of ether oxygens (including phenoxy) is 2. The summed E-state index contributed by atoms with van der Waals surface area (Å²) in [5.41, 5.74) is -0.595. The highest BCUT2D eigenvalue weighted by atomic mass is 16.5. The fraction of sp³-hybridized carbons (Fsp3) is 0.364. The molecule has 1 aromatic heterocycles. The van der Waals surface area contributed by atoms with E-state index in [1.807, 2.05) is 0 Å². The van der Waals surface area contributed by atoms with Gasteiger partial charge in [0.05, 0.1) is 13.2 Å². The number of carbonyl (C=O) groups is 2. The second-order valence-corrected chi connectivity index (χ2v) is 3.32. The SMILES string of the molecule is COc1cc(COC(=O)CC(C)=O)oc(=O)c1. The van der Waals surface area contributed by atoms with Crippen molar-refractivity contribution < 1.29 is 23.5 Å². The Balaban J connectivity index is 2.63. The van der Waals surface area contributed by atoms with Crippen LogP contribution in [0, 0.1) is 0 Å². The van der Waals surface area contributed by atoms with Crippen LogP contribution in [0.15, 0.2) is 21.3 Å². The molecule has 0 spiro atoms. The van der Waals surface area contributed by atoms with Gasteiger partial charge < -0.3 is 13.9 Å². The molecule has 1 heterocycles. The molecular weight excluding hydrogens is 228 g/mol. The molecule has 0 atom stereocenters. The highest BCUT2D eigenvalue weighted by Crippen LogP contribution is 2.10. The summed E-state index contributed by atoms with van der Waals surface area (Å²) in [4.78, 5) is 32.7. The van der Waals surface area contributed by atoms with Crippen molar-refractivity contribution in [1.82, 2.24) is 0 Å². The summed E-state index contributed by atoms with van der Waals surface area (Å²) in [5, 5.41) is 0. The van der Waals surface area contributed by atoms with Crippen LogP contribution < -0.4 is 10.4 Å². The fourth-order valence-corrected chi connectivity index (χ4v) is 1.10. The summed E-state index contributed by atoms with van der Waals surface area (Å²) in [7, 11) is 1.40. The van der Waals surface area contributed by atoms with E-state index in [0.717, 1.165) is 0 Å². The van der Waals surface area contributed by atoms with Gasteiger partial charge >= 0.3 is 11.6 Å². The van der Waals surface area contributed by atoms with Gasteiger partial charge in [0.2, 0.25) is 0 Å². The molecule has 0 saturated carbocycles. The average molecular weight is 240 g/mol. The van der Waals surface area contributed by atoms with E-state index < -0.39 is 11.6 Å². The first-order valence-electron chi connectivity index (χ1n) is 4.84. The van der Waals surface area contributed by atoms with Gasteiger partial charge in [-0.05, 0) is 6.92 Å². The molecule has 0 aliphatic heterocycles. The lowest BCUT2D eigenvalue weighted by Gasteiger charge is -2.04. The van der Waals surface area contributed by atoms with E-state index in [4.69, 9.17) is 13.9 Å². The topological polar surface area (TPSA) is 82.8 Å². The minimum absolute atomic E-state index is 0.159. The highest BCUT2D eigenvalue weighted by Gasteiger charge is 2.08. The van der Waals surface area contributed by atoms with Gasteiger partial charge in [0.25, 0.3) is 0 Å². The van der Waals surface area contributed by atoms with Crippen molar-refractivity contribution in [3.8, 4) is 5.75 Å². The number of rotatable bonds is 5. The van der Waals surface area contributed by atoms with Crippen LogP contribution in [0.5, 0.6) is 5.75 Å². The van der Waals surface area contributed by atoms with Gasteiger partial charge in [-0.3, -0.25) is 9.59 Å². The second-order valence-electron chi connectivity index (χ2n) is 3.32. The van der Waals surface area contributed by atoms with Crippen LogP contribution in [0.4, 0.5) is 0 Å². The summed E-state index contributed by atoms with van der Waals surface area (Å²) in [6, 6.07) is 2.60. The molecule has 0 N–H and O–H groups in total. The molecule has 1 aromatic rings. The lowest BCUT2D eigenvalue weighted by molar-refractivity contribution is -0.147. The molecule has 0 aliphatic carbocycles. The predicted octanol–water partition coefficient (Wildman–Crippen LogP) is 0.671. The molecular formula is C11H12O6. The number of carbonyl (C=O) groups excluding carboxylic acids is 2. The predicted molar refractivity (Wildman–Crippen MR) is 56.6 cm³/mol. The average Bonchev–Trinajstić information content (AvgIpc) is 2.24. The quantitative estimate of drug-likeness (QED) is 0.555. The third-order valence-electron chi connectivity index (χ3n) is 1.80. The van der Waals surface area contributed by atoms with Crippen molar-refractivity contribution in [3.05, 3.63) is 28.3 Å². The Bertz CT molecular complexity index is 473. The zero-order valence-electron chi connectivity index (χ0n) is 9.52. The van der Waals surface area contributed by atoms with Crippen molar-refractivity contribution in [1.29, 1.82) is 0 Å². The Kier molecular flexibility index (Phi) is 4.45. The molecule has 1 rings (SSSR count). The van der Waals surface area contributed by atoms with Crippen molar-refractivity contribution in [2.24, 2.45) is 0 Å². The molecule has 0 amide bonds. The van der Waals surface area contributed by atoms with Crippen LogP contribution in [-0.2, 0) is 20.9 Å². The summed E-state index contributed by atoms with van der Waals surface area (Å²) in [5.74, 6) is -0.477. The third-order valence-corrected chi connectivity index (χ3v) is 1.80. The number of esters is 1. The monoisotopic (exact) mass is 240 g/mol. The first kappa shape index (κ1) is 13.0. The maximum absolute atomic E-state index is 11.1. The number of Topliss-reactive ketones (excluding diaryl/α,β-unsaturated/α-hetero) is 1. The lowest BCUT2D eigenvalue weighted by atomic mass is 10.3. The number of ketones is 1. The van der Waals surface area contributed by atoms with Gasteiger partial charge in [0.1, 0.15) is 30.3 Å². The van der Waals surface area contributed by atoms with Crippen molar-refractivity contribution in [2.45, 2.75) is 20.0 Å². The molecule has 17 heavy (non-hydrogen) atoms. The Labute approximate surface area is 97.1 Å². The van der Waals surface area contributed by atoms with Crippen LogP contribution in [0.3, 0.4) is 0 Å². The molecule has 6 heteroatoms. The van der Waals surface area contributed by atoms with E-state index in [0.29, 0.717) is 5.75 Å². The van der Waals surface area contributed by atoms with Crippen LogP contribution >= 0.6 is 0 Å². The first-order valence-corrected chi connectivity index (χ1v) is 4.84. The molecule has 92 valence electrons. The maximum Gasteiger partial charge on any atom is 0.339 e. The Morgan fingerprint density at radius 1 is 1.35 bits per heavy atom. The van der Waals surface area contributed by atoms with Crippen molar-refractivity contribution >= 4 is 11.8 Å². The molecule has 0 aromatic carbocycles. The van der Waals surface area contributed by atoms with E-state index in [1.54, 1.807) is 0 Å². The third kappa shape index (κ3) is 4.50. The molecule has 0 radical (unpaired) electrons. The second kappa shape index (κ2) is 5.83. The van der Waals surface area contributed by atoms with E-state index in [1.165, 1.54) is 26.2 Å². The van der Waals surface area contributed by atoms with Crippen LogP contribution in [0.2, 0.25) is 0 Å².